The summed E-state index contributed by atoms with van der Waals surface area (Å²) in [4.78, 5) is 33.9. The number of benzene rings is 1. The van der Waals surface area contributed by atoms with Gasteiger partial charge in [0.05, 0.1) is 12.8 Å². The molecule has 0 saturated carbocycles. The Hall–Kier alpha value is -1.88. The minimum absolute atomic E-state index is 0.00515. The molecule has 5 nitrogen and oxygen atoms in total. The average Bonchev–Trinajstić information content (AvgIpc) is 2.61. The van der Waals surface area contributed by atoms with Gasteiger partial charge in [0.15, 0.2) is 0 Å². The van der Waals surface area contributed by atoms with Crippen molar-refractivity contribution in [3.63, 3.8) is 0 Å². The van der Waals surface area contributed by atoms with Gasteiger partial charge in [-0.15, -0.1) is 0 Å². The van der Waals surface area contributed by atoms with E-state index in [1.165, 1.54) is 0 Å². The van der Waals surface area contributed by atoms with Crippen molar-refractivity contribution in [1.29, 1.82) is 0 Å². The summed E-state index contributed by atoms with van der Waals surface area (Å²) in [5.41, 5.74) is 0.793. The van der Waals surface area contributed by atoms with E-state index in [9.17, 15) is 14.4 Å². The molecule has 1 saturated heterocycles. The van der Waals surface area contributed by atoms with Crippen molar-refractivity contribution >= 4 is 29.3 Å². The largest absolute Gasteiger partial charge is 0.343 e. The van der Waals surface area contributed by atoms with E-state index >= 15 is 0 Å². The van der Waals surface area contributed by atoms with Crippen molar-refractivity contribution in [2.24, 2.45) is 0 Å². The lowest BCUT2D eigenvalue weighted by molar-refractivity contribution is -0.128. The fourth-order valence-electron chi connectivity index (χ4n) is 1.70. The Bertz CT molecular complexity index is 499. The van der Waals surface area contributed by atoms with E-state index in [2.05, 4.69) is 10.6 Å². The molecule has 6 heteroatoms. The summed E-state index contributed by atoms with van der Waals surface area (Å²) < 4.78 is 0. The van der Waals surface area contributed by atoms with Crippen molar-refractivity contribution < 1.29 is 14.4 Å². The number of imide groups is 1. The fraction of sp³-hybridized carbons (Fsp3) is 0.250. The number of carbonyl (C=O) groups is 3. The summed E-state index contributed by atoms with van der Waals surface area (Å²) in [6, 6.07) is 6.10. The minimum Gasteiger partial charge on any atom is -0.343 e. The van der Waals surface area contributed by atoms with Crippen molar-refractivity contribution in [1.82, 2.24) is 10.6 Å². The van der Waals surface area contributed by atoms with Crippen LogP contribution in [0.3, 0.4) is 0 Å². The fourth-order valence-corrected chi connectivity index (χ4v) is 1.83. The maximum atomic E-state index is 11.7. The third-order valence-electron chi connectivity index (χ3n) is 2.58. The Morgan fingerprint density at radius 2 is 2.00 bits per heavy atom. The van der Waals surface area contributed by atoms with Gasteiger partial charge in [0.25, 0.3) is 0 Å². The summed E-state index contributed by atoms with van der Waals surface area (Å²) >= 11 is 5.73. The van der Waals surface area contributed by atoms with Gasteiger partial charge in [0.2, 0.25) is 17.7 Å². The highest BCUT2D eigenvalue weighted by Crippen LogP contribution is 2.10. The van der Waals surface area contributed by atoms with Gasteiger partial charge in [0.1, 0.15) is 6.04 Å². The van der Waals surface area contributed by atoms with Crippen LogP contribution in [0.15, 0.2) is 24.3 Å². The second-order valence-electron chi connectivity index (χ2n) is 4.04. The van der Waals surface area contributed by atoms with Crippen molar-refractivity contribution in [2.45, 2.75) is 18.9 Å². The van der Waals surface area contributed by atoms with Gasteiger partial charge in [-0.05, 0) is 17.7 Å². The van der Waals surface area contributed by atoms with Crippen LogP contribution in [0.2, 0.25) is 5.02 Å². The zero-order chi connectivity index (χ0) is 13.1. The molecular weight excluding hydrogens is 256 g/mol. The molecular formula is C12H11ClN2O3. The monoisotopic (exact) mass is 266 g/mol. The van der Waals surface area contributed by atoms with E-state index in [-0.39, 0.29) is 24.7 Å². The molecule has 2 N–H and O–H groups in total. The predicted octanol–water partition coefficient (Wildman–Crippen LogP) is 0.414. The molecule has 0 spiro atoms. The van der Waals surface area contributed by atoms with E-state index in [0.717, 1.165) is 5.56 Å². The number of hydrogen-bond acceptors (Lipinski definition) is 3. The molecule has 0 aromatic heterocycles. The molecule has 1 heterocycles. The number of carbonyl (C=O) groups excluding carboxylic acids is 3. The lowest BCUT2D eigenvalue weighted by Crippen LogP contribution is -2.40. The van der Waals surface area contributed by atoms with Crippen LogP contribution < -0.4 is 10.6 Å². The molecule has 3 amide bonds. The molecule has 1 unspecified atom stereocenters. The number of hydrogen-bond donors (Lipinski definition) is 2. The quantitative estimate of drug-likeness (QED) is 0.779. The summed E-state index contributed by atoms with van der Waals surface area (Å²) in [5.74, 6) is -1.12. The zero-order valence-electron chi connectivity index (χ0n) is 9.40. The molecule has 1 fully saturated rings. The minimum atomic E-state index is -0.752. The third kappa shape index (κ3) is 3.07. The Kier molecular flexibility index (Phi) is 3.62. The standard InChI is InChI=1S/C12H11ClN2O3/c13-8-3-1-7(2-4-8)5-10(16)14-9-6-11(17)15-12(9)18/h1-4,9H,5-6H2,(H,14,16)(H,15,17,18). The third-order valence-corrected chi connectivity index (χ3v) is 2.83. The smallest absolute Gasteiger partial charge is 0.249 e. The molecule has 1 aromatic rings. The molecule has 2 rings (SSSR count). The van der Waals surface area contributed by atoms with E-state index in [0.29, 0.717) is 5.02 Å². The SMILES string of the molecule is O=C1CC(NC(=O)Cc2ccc(Cl)cc2)C(=O)N1. The number of rotatable bonds is 3. The second kappa shape index (κ2) is 5.18. The maximum Gasteiger partial charge on any atom is 0.249 e. The van der Waals surface area contributed by atoms with Gasteiger partial charge in [0, 0.05) is 5.02 Å². The Morgan fingerprint density at radius 1 is 1.33 bits per heavy atom. The Morgan fingerprint density at radius 3 is 2.56 bits per heavy atom. The van der Waals surface area contributed by atoms with Gasteiger partial charge in [-0.1, -0.05) is 23.7 Å². The average molecular weight is 267 g/mol. The summed E-state index contributed by atoms with van der Waals surface area (Å²) in [6.07, 6.45) is 0.153. The number of halogens is 1. The van der Waals surface area contributed by atoms with Crippen LogP contribution in [0, 0.1) is 0 Å². The summed E-state index contributed by atoms with van der Waals surface area (Å²) in [6.45, 7) is 0. The first-order valence-corrected chi connectivity index (χ1v) is 5.80. The van der Waals surface area contributed by atoms with Crippen LogP contribution in [0.5, 0.6) is 0 Å². The van der Waals surface area contributed by atoms with Crippen molar-refractivity contribution in [3.05, 3.63) is 34.9 Å². The van der Waals surface area contributed by atoms with Gasteiger partial charge in [-0.3, -0.25) is 19.7 Å². The van der Waals surface area contributed by atoms with Gasteiger partial charge < -0.3 is 5.32 Å². The van der Waals surface area contributed by atoms with Gasteiger partial charge in [-0.25, -0.2) is 0 Å². The van der Waals surface area contributed by atoms with Gasteiger partial charge >= 0.3 is 0 Å². The molecule has 94 valence electrons. The molecule has 0 radical (unpaired) electrons. The molecule has 0 bridgehead atoms. The first-order chi connectivity index (χ1) is 8.54. The molecule has 1 atom stereocenters. The van der Waals surface area contributed by atoms with E-state index in [1.54, 1.807) is 24.3 Å². The van der Waals surface area contributed by atoms with E-state index in [4.69, 9.17) is 11.6 Å². The second-order valence-corrected chi connectivity index (χ2v) is 4.48. The topological polar surface area (TPSA) is 75.3 Å². The molecule has 1 aliphatic rings. The number of amides is 3. The zero-order valence-corrected chi connectivity index (χ0v) is 10.2. The lowest BCUT2D eigenvalue weighted by Gasteiger charge is -2.09. The Balaban J connectivity index is 1.91. The van der Waals surface area contributed by atoms with Crippen LogP contribution in [-0.4, -0.2) is 23.8 Å². The Labute approximate surface area is 109 Å². The predicted molar refractivity (Wildman–Crippen MR) is 64.9 cm³/mol. The highest BCUT2D eigenvalue weighted by molar-refractivity contribution is 6.30. The first-order valence-electron chi connectivity index (χ1n) is 5.42. The molecule has 1 aromatic carbocycles. The highest BCUT2D eigenvalue weighted by atomic mass is 35.5. The summed E-state index contributed by atoms with van der Waals surface area (Å²) in [5, 5.41) is 5.25. The highest BCUT2D eigenvalue weighted by Gasteiger charge is 2.31. The van der Waals surface area contributed by atoms with Crippen LogP contribution in [0.25, 0.3) is 0 Å². The summed E-state index contributed by atoms with van der Waals surface area (Å²) in [7, 11) is 0. The van der Waals surface area contributed by atoms with Crippen LogP contribution in [0.1, 0.15) is 12.0 Å². The first kappa shape index (κ1) is 12.6. The van der Waals surface area contributed by atoms with Crippen LogP contribution >= 0.6 is 11.6 Å². The van der Waals surface area contributed by atoms with Gasteiger partial charge in [-0.2, -0.15) is 0 Å². The molecule has 18 heavy (non-hydrogen) atoms. The van der Waals surface area contributed by atoms with E-state index < -0.39 is 11.9 Å². The van der Waals surface area contributed by atoms with Crippen LogP contribution in [-0.2, 0) is 20.8 Å². The molecule has 0 aliphatic carbocycles. The van der Waals surface area contributed by atoms with Crippen molar-refractivity contribution in [3.8, 4) is 0 Å². The van der Waals surface area contributed by atoms with E-state index in [1.807, 2.05) is 0 Å². The normalized spacial score (nSPS) is 18.6. The van der Waals surface area contributed by atoms with Crippen molar-refractivity contribution in [2.75, 3.05) is 0 Å². The molecule has 1 aliphatic heterocycles. The number of nitrogens with one attached hydrogen (secondary N) is 2. The van der Waals surface area contributed by atoms with Crippen LogP contribution in [0.4, 0.5) is 0 Å². The lowest BCUT2D eigenvalue weighted by atomic mass is 10.1. The maximum absolute atomic E-state index is 11.7.